The summed E-state index contributed by atoms with van der Waals surface area (Å²) in [5.41, 5.74) is 6.11. The van der Waals surface area contributed by atoms with E-state index in [1.807, 2.05) is 31.2 Å². The van der Waals surface area contributed by atoms with E-state index in [9.17, 15) is 4.79 Å². The molecule has 0 radical (unpaired) electrons. The maximum absolute atomic E-state index is 12.0. The van der Waals surface area contributed by atoms with Crippen LogP contribution >= 0.6 is 0 Å². The minimum absolute atomic E-state index is 0.158. The predicted molar refractivity (Wildman–Crippen MR) is 69.5 cm³/mol. The van der Waals surface area contributed by atoms with Gasteiger partial charge >= 0.3 is 0 Å². The van der Waals surface area contributed by atoms with E-state index in [0.717, 1.165) is 19.3 Å². The summed E-state index contributed by atoms with van der Waals surface area (Å²) in [6.45, 7) is 3.20. The molecule has 3 heteroatoms. The van der Waals surface area contributed by atoms with Crippen LogP contribution < -0.4 is 10.5 Å². The number of carbonyl (C=O) groups is 1. The molecule has 17 heavy (non-hydrogen) atoms. The lowest BCUT2D eigenvalue weighted by Crippen LogP contribution is -2.04. The average Bonchev–Trinajstić information content (AvgIpc) is 2.35. The van der Waals surface area contributed by atoms with E-state index in [-0.39, 0.29) is 5.78 Å². The van der Waals surface area contributed by atoms with Crippen LogP contribution in [0.2, 0.25) is 0 Å². The Balaban J connectivity index is 2.55. The van der Waals surface area contributed by atoms with Crippen LogP contribution in [0.5, 0.6) is 5.75 Å². The number of unbranched alkanes of at least 4 members (excludes halogenated alkanes) is 2. The largest absolute Gasteiger partial charge is 0.493 e. The summed E-state index contributed by atoms with van der Waals surface area (Å²) < 4.78 is 5.44. The number of rotatable bonds is 8. The van der Waals surface area contributed by atoms with Crippen LogP contribution in [-0.4, -0.2) is 18.9 Å². The van der Waals surface area contributed by atoms with Crippen molar-refractivity contribution >= 4 is 5.78 Å². The maximum atomic E-state index is 12.0. The molecule has 0 aliphatic rings. The molecule has 0 heterocycles. The van der Waals surface area contributed by atoms with Gasteiger partial charge in [-0.15, -0.1) is 0 Å². The van der Waals surface area contributed by atoms with Gasteiger partial charge in [0.2, 0.25) is 0 Å². The van der Waals surface area contributed by atoms with Crippen molar-refractivity contribution in [1.29, 1.82) is 0 Å². The number of para-hydroxylation sites is 1. The Hall–Kier alpha value is -1.35. The fraction of sp³-hybridized carbons (Fsp3) is 0.500. The highest BCUT2D eigenvalue weighted by molar-refractivity contribution is 5.98. The van der Waals surface area contributed by atoms with E-state index in [1.165, 1.54) is 0 Å². The summed E-state index contributed by atoms with van der Waals surface area (Å²) in [6, 6.07) is 7.43. The number of ether oxygens (including phenoxy) is 1. The Kier molecular flexibility index (Phi) is 6.33. The zero-order chi connectivity index (χ0) is 12.5. The second-order valence-electron chi connectivity index (χ2n) is 3.95. The first-order chi connectivity index (χ1) is 8.29. The number of carbonyl (C=O) groups excluding carboxylic acids is 1. The van der Waals surface area contributed by atoms with Gasteiger partial charge in [-0.05, 0) is 38.4 Å². The highest BCUT2D eigenvalue weighted by atomic mass is 16.5. The Morgan fingerprint density at radius 1 is 1.24 bits per heavy atom. The van der Waals surface area contributed by atoms with Gasteiger partial charge in [-0.1, -0.05) is 18.6 Å². The highest BCUT2D eigenvalue weighted by Gasteiger charge is 2.10. The summed E-state index contributed by atoms with van der Waals surface area (Å²) in [7, 11) is 0. The van der Waals surface area contributed by atoms with E-state index >= 15 is 0 Å². The molecule has 1 aromatic rings. The van der Waals surface area contributed by atoms with Crippen molar-refractivity contribution in [3.8, 4) is 5.75 Å². The molecule has 0 aromatic heterocycles. The van der Waals surface area contributed by atoms with Crippen LogP contribution in [-0.2, 0) is 0 Å². The monoisotopic (exact) mass is 235 g/mol. The van der Waals surface area contributed by atoms with Crippen LogP contribution in [0.15, 0.2) is 24.3 Å². The summed E-state index contributed by atoms with van der Waals surface area (Å²) in [5, 5.41) is 0. The van der Waals surface area contributed by atoms with Crippen molar-refractivity contribution in [3.05, 3.63) is 29.8 Å². The summed E-state index contributed by atoms with van der Waals surface area (Å²) in [5.74, 6) is 0.852. The molecular weight excluding hydrogens is 214 g/mol. The average molecular weight is 235 g/mol. The summed E-state index contributed by atoms with van der Waals surface area (Å²) >= 11 is 0. The topological polar surface area (TPSA) is 52.3 Å². The number of benzene rings is 1. The van der Waals surface area contributed by atoms with Crippen LogP contribution in [0.1, 0.15) is 43.0 Å². The number of ketones is 1. The molecule has 0 bridgehead atoms. The van der Waals surface area contributed by atoms with E-state index in [0.29, 0.717) is 30.9 Å². The molecule has 0 fully saturated rings. The van der Waals surface area contributed by atoms with Gasteiger partial charge in [0, 0.05) is 6.42 Å². The van der Waals surface area contributed by atoms with Gasteiger partial charge in [-0.2, -0.15) is 0 Å². The Bertz CT molecular complexity index is 350. The van der Waals surface area contributed by atoms with Crippen molar-refractivity contribution in [1.82, 2.24) is 0 Å². The first-order valence-electron chi connectivity index (χ1n) is 6.24. The fourth-order valence-corrected chi connectivity index (χ4v) is 1.72. The quantitative estimate of drug-likeness (QED) is 0.557. The second kappa shape index (κ2) is 7.85. The van der Waals surface area contributed by atoms with Crippen molar-refractivity contribution in [2.24, 2.45) is 5.73 Å². The highest BCUT2D eigenvalue weighted by Crippen LogP contribution is 2.20. The molecule has 0 spiro atoms. The number of hydrogen-bond acceptors (Lipinski definition) is 3. The molecular formula is C14H21NO2. The smallest absolute Gasteiger partial charge is 0.166 e. The lowest BCUT2D eigenvalue weighted by Gasteiger charge is -2.08. The molecule has 0 atom stereocenters. The predicted octanol–water partition coefficient (Wildman–Crippen LogP) is 2.79. The molecule has 0 aliphatic carbocycles. The molecule has 1 aromatic carbocycles. The lowest BCUT2D eigenvalue weighted by molar-refractivity contribution is 0.0975. The molecule has 0 unspecified atom stereocenters. The third-order valence-corrected chi connectivity index (χ3v) is 2.60. The standard InChI is InChI=1S/C14H21NO2/c1-2-17-14-10-6-5-8-12(14)13(16)9-4-3-7-11-15/h5-6,8,10H,2-4,7,9,11,15H2,1H3. The van der Waals surface area contributed by atoms with Crippen LogP contribution in [0.4, 0.5) is 0 Å². The first kappa shape index (κ1) is 13.7. The zero-order valence-corrected chi connectivity index (χ0v) is 10.4. The minimum Gasteiger partial charge on any atom is -0.493 e. The Labute approximate surface area is 103 Å². The van der Waals surface area contributed by atoms with Crippen molar-refractivity contribution in [2.45, 2.75) is 32.6 Å². The molecule has 1 rings (SSSR count). The van der Waals surface area contributed by atoms with Gasteiger partial charge < -0.3 is 10.5 Å². The van der Waals surface area contributed by atoms with Gasteiger partial charge in [-0.25, -0.2) is 0 Å². The summed E-state index contributed by atoms with van der Waals surface area (Å²) in [6.07, 6.45) is 3.47. The Morgan fingerprint density at radius 3 is 2.71 bits per heavy atom. The normalized spacial score (nSPS) is 10.2. The number of Topliss-reactive ketones (excluding diaryl/α,β-unsaturated/α-hetero) is 1. The van der Waals surface area contributed by atoms with Gasteiger partial charge in [-0.3, -0.25) is 4.79 Å². The molecule has 2 N–H and O–H groups in total. The van der Waals surface area contributed by atoms with Crippen LogP contribution in [0.25, 0.3) is 0 Å². The van der Waals surface area contributed by atoms with Crippen molar-refractivity contribution < 1.29 is 9.53 Å². The van der Waals surface area contributed by atoms with E-state index in [4.69, 9.17) is 10.5 Å². The second-order valence-corrected chi connectivity index (χ2v) is 3.95. The first-order valence-corrected chi connectivity index (χ1v) is 6.24. The molecule has 0 saturated carbocycles. The molecule has 0 aliphatic heterocycles. The van der Waals surface area contributed by atoms with Crippen molar-refractivity contribution in [3.63, 3.8) is 0 Å². The Morgan fingerprint density at radius 2 is 2.00 bits per heavy atom. The SMILES string of the molecule is CCOc1ccccc1C(=O)CCCCCN. The molecule has 0 saturated heterocycles. The number of nitrogens with two attached hydrogens (primary N) is 1. The molecule has 94 valence electrons. The van der Waals surface area contributed by atoms with Gasteiger partial charge in [0.1, 0.15) is 5.75 Å². The molecule has 0 amide bonds. The number of hydrogen-bond donors (Lipinski definition) is 1. The van der Waals surface area contributed by atoms with E-state index < -0.39 is 0 Å². The maximum Gasteiger partial charge on any atom is 0.166 e. The third kappa shape index (κ3) is 4.57. The van der Waals surface area contributed by atoms with Gasteiger partial charge in [0.05, 0.1) is 12.2 Å². The van der Waals surface area contributed by atoms with E-state index in [1.54, 1.807) is 0 Å². The fourth-order valence-electron chi connectivity index (χ4n) is 1.72. The van der Waals surface area contributed by atoms with Crippen LogP contribution in [0, 0.1) is 0 Å². The van der Waals surface area contributed by atoms with Gasteiger partial charge in [0.25, 0.3) is 0 Å². The minimum atomic E-state index is 0.158. The zero-order valence-electron chi connectivity index (χ0n) is 10.4. The van der Waals surface area contributed by atoms with Gasteiger partial charge in [0.15, 0.2) is 5.78 Å². The third-order valence-electron chi connectivity index (χ3n) is 2.60. The lowest BCUT2D eigenvalue weighted by atomic mass is 10.0. The van der Waals surface area contributed by atoms with Crippen LogP contribution in [0.3, 0.4) is 0 Å². The van der Waals surface area contributed by atoms with Crippen molar-refractivity contribution in [2.75, 3.05) is 13.2 Å². The van der Waals surface area contributed by atoms with E-state index in [2.05, 4.69) is 0 Å². The molecule has 3 nitrogen and oxygen atoms in total. The summed E-state index contributed by atoms with van der Waals surface area (Å²) in [4.78, 5) is 12.0.